The number of amides is 3. The number of nitriles is 1. The van der Waals surface area contributed by atoms with Gasteiger partial charge in [0.05, 0.1) is 11.6 Å². The number of imide groups is 1. The van der Waals surface area contributed by atoms with E-state index in [0.29, 0.717) is 4.90 Å². The second-order valence-corrected chi connectivity index (χ2v) is 6.13. The number of benzene rings is 1. The molecule has 1 rings (SSSR count). The maximum atomic E-state index is 14.5. The number of nitrogens with zero attached hydrogens (tertiary/aromatic N) is 2. The van der Waals surface area contributed by atoms with Crippen LogP contribution in [0.5, 0.6) is 0 Å². The summed E-state index contributed by atoms with van der Waals surface area (Å²) in [6.45, 7) is 6.10. The van der Waals surface area contributed by atoms with Gasteiger partial charge in [-0.2, -0.15) is 14.0 Å². The average Bonchev–Trinajstić information content (AvgIpc) is 2.53. The number of hydrogen-bond acceptors (Lipinski definition) is 4. The van der Waals surface area contributed by atoms with E-state index in [2.05, 4.69) is 5.32 Å². The van der Waals surface area contributed by atoms with Gasteiger partial charge in [-0.25, -0.2) is 4.79 Å². The van der Waals surface area contributed by atoms with Crippen LogP contribution in [0.2, 0.25) is 0 Å². The molecule has 25 heavy (non-hydrogen) atoms. The lowest BCUT2D eigenvalue weighted by molar-refractivity contribution is -0.173. The van der Waals surface area contributed by atoms with Crippen molar-refractivity contribution in [2.45, 2.75) is 51.8 Å². The number of hydrogen-bond donors (Lipinski definition) is 2. The largest absolute Gasteiger partial charge is 0.381 e. The SMILES string of the molecule is CC(C)NC(=O)N(C(=O)C(F)(F)C(O)c1ccc(C#N)cc1)C(C)C. The molecule has 0 heterocycles. The zero-order valence-electron chi connectivity index (χ0n) is 14.5. The van der Waals surface area contributed by atoms with Crippen LogP contribution in [0.25, 0.3) is 0 Å². The van der Waals surface area contributed by atoms with Gasteiger partial charge in [0.15, 0.2) is 6.10 Å². The third-order valence-electron chi connectivity index (χ3n) is 3.35. The Bertz CT molecular complexity index is 667. The number of carbonyl (C=O) groups is 2. The molecule has 6 nitrogen and oxygen atoms in total. The molecule has 1 aromatic rings. The summed E-state index contributed by atoms with van der Waals surface area (Å²) in [4.78, 5) is 24.7. The van der Waals surface area contributed by atoms with Crippen LogP contribution in [0.1, 0.15) is 44.9 Å². The highest BCUT2D eigenvalue weighted by molar-refractivity contribution is 5.98. The first-order chi connectivity index (χ1) is 11.5. The molecular weight excluding hydrogens is 332 g/mol. The van der Waals surface area contributed by atoms with Gasteiger partial charge < -0.3 is 10.4 Å². The van der Waals surface area contributed by atoms with Gasteiger partial charge in [-0.3, -0.25) is 9.69 Å². The van der Waals surface area contributed by atoms with E-state index in [4.69, 9.17) is 5.26 Å². The van der Waals surface area contributed by atoms with E-state index < -0.39 is 30.0 Å². The van der Waals surface area contributed by atoms with E-state index in [1.165, 1.54) is 26.0 Å². The van der Waals surface area contributed by atoms with Gasteiger partial charge in [-0.1, -0.05) is 12.1 Å². The zero-order valence-corrected chi connectivity index (χ0v) is 14.5. The molecule has 0 bridgehead atoms. The van der Waals surface area contributed by atoms with Crippen LogP contribution in [0.3, 0.4) is 0 Å². The van der Waals surface area contributed by atoms with Crippen molar-refractivity contribution in [1.82, 2.24) is 10.2 Å². The van der Waals surface area contributed by atoms with Crippen LogP contribution in [0.4, 0.5) is 13.6 Å². The predicted octanol–water partition coefficient (Wildman–Crippen LogP) is 2.58. The van der Waals surface area contributed by atoms with Gasteiger partial charge in [0, 0.05) is 12.1 Å². The Hall–Kier alpha value is -2.53. The first-order valence-corrected chi connectivity index (χ1v) is 7.72. The highest BCUT2D eigenvalue weighted by Crippen LogP contribution is 2.33. The quantitative estimate of drug-likeness (QED) is 0.851. The number of nitrogens with one attached hydrogen (secondary N) is 1. The summed E-state index contributed by atoms with van der Waals surface area (Å²) in [6.07, 6.45) is -2.44. The number of alkyl halides is 2. The van der Waals surface area contributed by atoms with Crippen molar-refractivity contribution in [1.29, 1.82) is 5.26 Å². The minimum Gasteiger partial charge on any atom is -0.381 e. The molecule has 0 aliphatic heterocycles. The standard InChI is InChI=1S/C17H21F2N3O3/c1-10(2)21-16(25)22(11(3)4)15(24)17(18,19)14(23)13-7-5-12(9-20)6-8-13/h5-8,10-11,14,23H,1-4H3,(H,21,25). The minimum absolute atomic E-state index is 0.228. The van der Waals surface area contributed by atoms with Crippen molar-refractivity contribution >= 4 is 11.9 Å². The third kappa shape index (κ3) is 4.73. The summed E-state index contributed by atoms with van der Waals surface area (Å²) in [5, 5.41) is 21.1. The molecule has 8 heteroatoms. The molecule has 0 aromatic heterocycles. The lowest BCUT2D eigenvalue weighted by Gasteiger charge is -2.31. The monoisotopic (exact) mass is 353 g/mol. The third-order valence-corrected chi connectivity index (χ3v) is 3.35. The van der Waals surface area contributed by atoms with E-state index in [-0.39, 0.29) is 17.2 Å². The molecule has 0 radical (unpaired) electrons. The highest BCUT2D eigenvalue weighted by Gasteiger charge is 2.51. The van der Waals surface area contributed by atoms with E-state index >= 15 is 0 Å². The number of urea groups is 1. The summed E-state index contributed by atoms with van der Waals surface area (Å²) in [6, 6.07) is 4.47. The second kappa shape index (κ2) is 8.03. The van der Waals surface area contributed by atoms with Crippen molar-refractivity contribution in [3.05, 3.63) is 35.4 Å². The van der Waals surface area contributed by atoms with Crippen LogP contribution in [-0.4, -0.2) is 40.0 Å². The zero-order chi connectivity index (χ0) is 19.4. The van der Waals surface area contributed by atoms with Crippen molar-refractivity contribution in [3.63, 3.8) is 0 Å². The average molecular weight is 353 g/mol. The topological polar surface area (TPSA) is 93.4 Å². The van der Waals surface area contributed by atoms with Crippen LogP contribution in [0, 0.1) is 11.3 Å². The number of aliphatic hydroxyl groups is 1. The Morgan fingerprint density at radius 2 is 1.72 bits per heavy atom. The lowest BCUT2D eigenvalue weighted by atomic mass is 10.0. The van der Waals surface area contributed by atoms with Gasteiger partial charge in [0.1, 0.15) is 0 Å². The normalized spacial score (nSPS) is 12.6. The van der Waals surface area contributed by atoms with E-state index in [1.807, 2.05) is 6.07 Å². The van der Waals surface area contributed by atoms with Crippen molar-refractivity contribution in [2.24, 2.45) is 0 Å². The molecule has 0 fully saturated rings. The van der Waals surface area contributed by atoms with Crippen LogP contribution >= 0.6 is 0 Å². The molecule has 0 saturated carbocycles. The fourth-order valence-corrected chi connectivity index (χ4v) is 2.10. The number of rotatable bonds is 5. The van der Waals surface area contributed by atoms with Gasteiger partial charge in [0.2, 0.25) is 0 Å². The maximum Gasteiger partial charge on any atom is 0.354 e. The Kier molecular flexibility index (Phi) is 6.59. The van der Waals surface area contributed by atoms with Gasteiger partial charge in [-0.05, 0) is 45.4 Å². The molecule has 1 aromatic carbocycles. The molecule has 1 atom stereocenters. The summed E-state index contributed by atoms with van der Waals surface area (Å²) in [5.41, 5.74) is -0.00367. The number of halogens is 2. The van der Waals surface area contributed by atoms with Crippen molar-refractivity contribution in [2.75, 3.05) is 0 Å². The predicted molar refractivity (Wildman–Crippen MR) is 86.7 cm³/mol. The molecule has 0 aliphatic rings. The first kappa shape index (κ1) is 20.5. The molecule has 0 saturated heterocycles. The Morgan fingerprint density at radius 1 is 1.20 bits per heavy atom. The van der Waals surface area contributed by atoms with E-state index in [9.17, 15) is 23.5 Å². The molecule has 1 unspecified atom stereocenters. The molecule has 136 valence electrons. The molecular formula is C17H21F2N3O3. The van der Waals surface area contributed by atoms with Crippen LogP contribution in [-0.2, 0) is 4.79 Å². The van der Waals surface area contributed by atoms with Gasteiger partial charge in [0.25, 0.3) is 0 Å². The highest BCUT2D eigenvalue weighted by atomic mass is 19.3. The van der Waals surface area contributed by atoms with Gasteiger partial charge >= 0.3 is 17.9 Å². The van der Waals surface area contributed by atoms with Gasteiger partial charge in [-0.15, -0.1) is 0 Å². The summed E-state index contributed by atoms with van der Waals surface area (Å²) in [7, 11) is 0. The Balaban J connectivity index is 3.12. The summed E-state index contributed by atoms with van der Waals surface area (Å²) in [5.74, 6) is -6.01. The second-order valence-electron chi connectivity index (χ2n) is 6.13. The summed E-state index contributed by atoms with van der Waals surface area (Å²) < 4.78 is 29.0. The fourth-order valence-electron chi connectivity index (χ4n) is 2.10. The molecule has 2 N–H and O–H groups in total. The molecule has 3 amide bonds. The smallest absolute Gasteiger partial charge is 0.354 e. The minimum atomic E-state index is -4.22. The fraction of sp³-hybridized carbons (Fsp3) is 0.471. The first-order valence-electron chi connectivity index (χ1n) is 7.72. The molecule has 0 spiro atoms. The van der Waals surface area contributed by atoms with E-state index in [1.54, 1.807) is 13.8 Å². The van der Waals surface area contributed by atoms with Crippen molar-refractivity contribution in [3.8, 4) is 6.07 Å². The van der Waals surface area contributed by atoms with Crippen LogP contribution < -0.4 is 5.32 Å². The lowest BCUT2D eigenvalue weighted by Crippen LogP contribution is -2.56. The van der Waals surface area contributed by atoms with Crippen molar-refractivity contribution < 1.29 is 23.5 Å². The Labute approximate surface area is 145 Å². The number of aliphatic hydroxyl groups excluding tert-OH is 1. The number of carbonyl (C=O) groups excluding carboxylic acids is 2. The Morgan fingerprint density at radius 3 is 2.12 bits per heavy atom. The summed E-state index contributed by atoms with van der Waals surface area (Å²) >= 11 is 0. The van der Waals surface area contributed by atoms with E-state index in [0.717, 1.165) is 12.1 Å². The maximum absolute atomic E-state index is 14.5. The molecule has 0 aliphatic carbocycles. The van der Waals surface area contributed by atoms with Crippen LogP contribution in [0.15, 0.2) is 24.3 Å².